The average molecular weight is 638 g/mol. The van der Waals surface area contributed by atoms with Crippen LogP contribution in [0.15, 0.2) is 188 Å². The lowest BCUT2D eigenvalue weighted by Gasteiger charge is -2.14. The molecule has 0 atom stereocenters. The summed E-state index contributed by atoms with van der Waals surface area (Å²) in [6, 6.07) is 63.7. The van der Waals surface area contributed by atoms with Gasteiger partial charge in [0.05, 0.1) is 22.1 Å². The third-order valence-corrected chi connectivity index (χ3v) is 9.99. The fraction of sp³-hybridized carbons (Fsp3) is 0. The van der Waals surface area contributed by atoms with Crippen molar-refractivity contribution in [3.05, 3.63) is 188 Å². The Bertz CT molecular complexity index is 2790. The number of para-hydroxylation sites is 3. The Labute approximate surface area is 290 Å². The molecule has 0 spiro atoms. The second-order valence-corrected chi connectivity index (χ2v) is 12.9. The van der Waals surface area contributed by atoms with Crippen LogP contribution in [-0.4, -0.2) is 14.1 Å². The summed E-state index contributed by atoms with van der Waals surface area (Å²) in [6.45, 7) is 0. The molecule has 10 aromatic rings. The van der Waals surface area contributed by atoms with Crippen molar-refractivity contribution in [1.29, 1.82) is 0 Å². The van der Waals surface area contributed by atoms with E-state index in [4.69, 9.17) is 0 Å². The number of hydrogen-bond donors (Lipinski definition) is 0. The highest BCUT2D eigenvalue weighted by atomic mass is 15.0. The molecule has 234 valence electrons. The van der Waals surface area contributed by atoms with E-state index in [1.165, 1.54) is 71.6 Å². The van der Waals surface area contributed by atoms with Gasteiger partial charge in [0.2, 0.25) is 0 Å². The summed E-state index contributed by atoms with van der Waals surface area (Å²) in [4.78, 5) is 4.29. The van der Waals surface area contributed by atoms with E-state index >= 15 is 0 Å². The summed E-state index contributed by atoms with van der Waals surface area (Å²) < 4.78 is 4.81. The van der Waals surface area contributed by atoms with Gasteiger partial charge in [0.15, 0.2) is 0 Å². The maximum Gasteiger partial charge on any atom is 0.0547 e. The predicted molar refractivity (Wildman–Crippen MR) is 209 cm³/mol. The van der Waals surface area contributed by atoms with Crippen LogP contribution >= 0.6 is 0 Å². The van der Waals surface area contributed by atoms with Crippen molar-refractivity contribution in [3.8, 4) is 44.8 Å². The van der Waals surface area contributed by atoms with Crippen LogP contribution in [0, 0.1) is 0 Å². The van der Waals surface area contributed by atoms with Crippen LogP contribution in [0.2, 0.25) is 0 Å². The van der Waals surface area contributed by atoms with Crippen LogP contribution in [0.1, 0.15) is 0 Å². The SMILES string of the molecule is c1ccc(-c2cc(-c3ccncc3)cc(-n3c4ccccc4c4ccc(-c5ccc6c(c5)c5ccccc5n6-c5ccccc5)cc43)c2)cc1. The smallest absolute Gasteiger partial charge is 0.0547 e. The lowest BCUT2D eigenvalue weighted by molar-refractivity contribution is 1.18. The number of hydrogen-bond acceptors (Lipinski definition) is 1. The average Bonchev–Trinajstić information content (AvgIpc) is 3.71. The monoisotopic (exact) mass is 637 g/mol. The third kappa shape index (κ3) is 4.56. The summed E-state index contributed by atoms with van der Waals surface area (Å²) in [5.41, 5.74) is 14.1. The highest BCUT2D eigenvalue weighted by Gasteiger charge is 2.17. The Morgan fingerprint density at radius 2 is 0.800 bits per heavy atom. The lowest BCUT2D eigenvalue weighted by Crippen LogP contribution is -1.96. The van der Waals surface area contributed by atoms with E-state index < -0.39 is 0 Å². The highest BCUT2D eigenvalue weighted by Crippen LogP contribution is 2.39. The molecule has 10 rings (SSSR count). The largest absolute Gasteiger partial charge is 0.309 e. The van der Waals surface area contributed by atoms with Gasteiger partial charge in [-0.05, 0) is 106 Å². The number of rotatable bonds is 5. The third-order valence-electron chi connectivity index (χ3n) is 9.99. The Balaban J connectivity index is 1.20. The maximum atomic E-state index is 4.29. The van der Waals surface area contributed by atoms with Gasteiger partial charge >= 0.3 is 0 Å². The zero-order valence-corrected chi connectivity index (χ0v) is 27.2. The van der Waals surface area contributed by atoms with Gasteiger partial charge in [0.25, 0.3) is 0 Å². The van der Waals surface area contributed by atoms with Gasteiger partial charge in [-0.2, -0.15) is 0 Å². The van der Waals surface area contributed by atoms with Gasteiger partial charge in [0.1, 0.15) is 0 Å². The molecule has 3 aromatic heterocycles. The number of benzene rings is 7. The number of pyridine rings is 1. The van der Waals surface area contributed by atoms with E-state index in [2.05, 4.69) is 190 Å². The van der Waals surface area contributed by atoms with Crippen LogP contribution in [-0.2, 0) is 0 Å². The minimum Gasteiger partial charge on any atom is -0.309 e. The van der Waals surface area contributed by atoms with Crippen molar-refractivity contribution in [2.75, 3.05) is 0 Å². The second-order valence-electron chi connectivity index (χ2n) is 12.9. The molecule has 0 amide bonds. The van der Waals surface area contributed by atoms with Crippen LogP contribution in [0.5, 0.6) is 0 Å². The topological polar surface area (TPSA) is 22.8 Å². The first-order valence-corrected chi connectivity index (χ1v) is 17.0. The Kier molecular flexibility index (Phi) is 6.49. The van der Waals surface area contributed by atoms with E-state index in [1.807, 2.05) is 12.4 Å². The molecule has 3 nitrogen and oxygen atoms in total. The standard InChI is InChI=1S/C47H31N3/c1-3-11-32(12-4-1)36-27-37(33-23-25-48-26-24-33)29-39(28-36)50-44-17-9-7-15-40(44)42-21-19-35(31-47(42)50)34-20-22-46-43(30-34)41-16-8-10-18-45(41)49(46)38-13-5-2-6-14-38/h1-31H. The molecule has 50 heavy (non-hydrogen) atoms. The van der Waals surface area contributed by atoms with Crippen molar-refractivity contribution < 1.29 is 0 Å². The number of fused-ring (bicyclic) bond motifs is 6. The maximum absolute atomic E-state index is 4.29. The van der Waals surface area contributed by atoms with E-state index in [-0.39, 0.29) is 0 Å². The summed E-state index contributed by atoms with van der Waals surface area (Å²) in [5, 5.41) is 4.98. The van der Waals surface area contributed by atoms with Crippen LogP contribution < -0.4 is 0 Å². The van der Waals surface area contributed by atoms with Crippen molar-refractivity contribution >= 4 is 43.6 Å². The molecule has 0 unspecified atom stereocenters. The molecule has 3 heteroatoms. The lowest BCUT2D eigenvalue weighted by atomic mass is 9.98. The predicted octanol–water partition coefficient (Wildman–Crippen LogP) is 12.3. The van der Waals surface area contributed by atoms with E-state index in [0.29, 0.717) is 0 Å². The van der Waals surface area contributed by atoms with Gasteiger partial charge < -0.3 is 9.13 Å². The van der Waals surface area contributed by atoms with Crippen molar-refractivity contribution in [2.45, 2.75) is 0 Å². The first-order valence-electron chi connectivity index (χ1n) is 17.0. The van der Waals surface area contributed by atoms with E-state index in [9.17, 15) is 0 Å². The van der Waals surface area contributed by atoms with Crippen LogP contribution in [0.4, 0.5) is 0 Å². The Morgan fingerprint density at radius 1 is 0.280 bits per heavy atom. The second kappa shape index (κ2) is 11.5. The molecule has 0 fully saturated rings. The van der Waals surface area contributed by atoms with Crippen LogP contribution in [0.3, 0.4) is 0 Å². The number of nitrogens with zero attached hydrogens (tertiary/aromatic N) is 3. The molecular weight excluding hydrogens is 607 g/mol. The van der Waals surface area contributed by atoms with E-state index in [0.717, 1.165) is 16.8 Å². The molecule has 7 aromatic carbocycles. The fourth-order valence-electron chi connectivity index (χ4n) is 7.68. The van der Waals surface area contributed by atoms with Gasteiger partial charge in [0, 0.05) is 45.3 Å². The molecule has 0 bridgehead atoms. The first kappa shape index (κ1) is 28.3. The summed E-state index contributed by atoms with van der Waals surface area (Å²) in [6.07, 6.45) is 3.73. The van der Waals surface area contributed by atoms with Crippen molar-refractivity contribution in [1.82, 2.24) is 14.1 Å². The first-order chi connectivity index (χ1) is 24.8. The summed E-state index contributed by atoms with van der Waals surface area (Å²) in [7, 11) is 0. The van der Waals surface area contributed by atoms with E-state index in [1.54, 1.807) is 0 Å². The van der Waals surface area contributed by atoms with Gasteiger partial charge in [-0.3, -0.25) is 4.98 Å². The molecule has 0 saturated carbocycles. The highest BCUT2D eigenvalue weighted by molar-refractivity contribution is 6.12. The van der Waals surface area contributed by atoms with Gasteiger partial charge in [-0.1, -0.05) is 103 Å². The molecule has 0 aliphatic rings. The molecule has 0 aliphatic carbocycles. The molecule has 0 N–H and O–H groups in total. The molecule has 0 radical (unpaired) electrons. The number of aromatic nitrogens is 3. The molecule has 3 heterocycles. The fourth-order valence-corrected chi connectivity index (χ4v) is 7.68. The minimum atomic E-state index is 1.13. The Hall–Kier alpha value is -6.71. The van der Waals surface area contributed by atoms with Crippen molar-refractivity contribution in [3.63, 3.8) is 0 Å². The zero-order chi connectivity index (χ0) is 33.0. The Morgan fingerprint density at radius 3 is 1.52 bits per heavy atom. The van der Waals surface area contributed by atoms with Crippen LogP contribution in [0.25, 0.3) is 88.4 Å². The zero-order valence-electron chi connectivity index (χ0n) is 27.2. The van der Waals surface area contributed by atoms with Gasteiger partial charge in [-0.15, -0.1) is 0 Å². The molecular formula is C47H31N3. The summed E-state index contributed by atoms with van der Waals surface area (Å²) >= 11 is 0. The quantitative estimate of drug-likeness (QED) is 0.184. The normalized spacial score (nSPS) is 11.6. The summed E-state index contributed by atoms with van der Waals surface area (Å²) in [5.74, 6) is 0. The minimum absolute atomic E-state index is 1.13. The molecule has 0 saturated heterocycles. The molecule has 0 aliphatic heterocycles. The van der Waals surface area contributed by atoms with Gasteiger partial charge in [-0.25, -0.2) is 0 Å². The van der Waals surface area contributed by atoms with Crippen molar-refractivity contribution in [2.24, 2.45) is 0 Å².